The summed E-state index contributed by atoms with van der Waals surface area (Å²) in [6.07, 6.45) is 1.28. The molecule has 6 nitrogen and oxygen atoms in total. The van der Waals surface area contributed by atoms with Crippen molar-refractivity contribution in [1.82, 2.24) is 4.90 Å². The molecule has 1 aromatic carbocycles. The lowest BCUT2D eigenvalue weighted by molar-refractivity contribution is -0.223. The summed E-state index contributed by atoms with van der Waals surface area (Å²) >= 11 is 6.49. The normalized spacial score (nSPS) is 28.9. The summed E-state index contributed by atoms with van der Waals surface area (Å²) in [4.78, 5) is 2.32. The molecule has 0 saturated carbocycles. The predicted molar refractivity (Wildman–Crippen MR) is 99.0 cm³/mol. The zero-order chi connectivity index (χ0) is 18.9. The van der Waals surface area contributed by atoms with Crippen LogP contribution in [0.15, 0.2) is 12.1 Å². The molecule has 0 bridgehead atoms. The van der Waals surface area contributed by atoms with Crippen molar-refractivity contribution in [3.05, 3.63) is 22.7 Å². The molecule has 2 saturated heterocycles. The largest absolute Gasteiger partial charge is 0.493 e. The Balaban J connectivity index is 1.65. The number of ether oxygens (including phenoxy) is 3. The maximum Gasteiger partial charge on any atom is 0.179 e. The number of benzene rings is 1. The lowest BCUT2D eigenvalue weighted by Crippen LogP contribution is -2.59. The Labute approximate surface area is 159 Å². The molecule has 0 radical (unpaired) electrons. The van der Waals surface area contributed by atoms with Crippen LogP contribution in [0.4, 0.5) is 0 Å². The maximum atomic E-state index is 10.4. The summed E-state index contributed by atoms with van der Waals surface area (Å²) in [7, 11) is 3.17. The fraction of sp³-hybridized carbons (Fsp3) is 0.684. The predicted octanol–water partition coefficient (Wildman–Crippen LogP) is 2.22. The lowest BCUT2D eigenvalue weighted by atomic mass is 9.76. The number of rotatable bonds is 4. The van der Waals surface area contributed by atoms with Crippen LogP contribution in [0.1, 0.15) is 31.7 Å². The van der Waals surface area contributed by atoms with Gasteiger partial charge in [0.05, 0.1) is 37.1 Å². The van der Waals surface area contributed by atoms with Crippen LogP contribution < -0.4 is 9.47 Å². The van der Waals surface area contributed by atoms with Crippen LogP contribution in [0, 0.1) is 0 Å². The van der Waals surface area contributed by atoms with E-state index in [1.165, 1.54) is 0 Å². The van der Waals surface area contributed by atoms with Gasteiger partial charge in [-0.15, -0.1) is 0 Å². The fourth-order valence-corrected chi connectivity index (χ4v) is 4.28. The molecule has 2 fully saturated rings. The Morgan fingerprint density at radius 3 is 2.54 bits per heavy atom. The van der Waals surface area contributed by atoms with Crippen LogP contribution in [0.5, 0.6) is 11.5 Å². The Kier molecular flexibility index (Phi) is 5.70. The molecule has 1 aromatic rings. The van der Waals surface area contributed by atoms with Crippen LogP contribution in [0.25, 0.3) is 0 Å². The molecule has 7 heteroatoms. The molecular weight excluding hydrogens is 358 g/mol. The highest BCUT2D eigenvalue weighted by molar-refractivity contribution is 6.33. The minimum absolute atomic E-state index is 0.189. The number of hydrogen-bond acceptors (Lipinski definition) is 6. The highest BCUT2D eigenvalue weighted by Gasteiger charge is 2.48. The average molecular weight is 386 g/mol. The SMILES string of the molecule is COc1ccc(CN2CCC3(CC2)C[C@](C)(O)[C@@H](O)CO3)c(Cl)c1OC. The standard InChI is InChI=1S/C19H28ClNO5/c1-18(23)12-19(26-11-15(18)22)6-8-21(9-7-19)10-13-4-5-14(24-2)17(25-3)16(13)20/h4-5,15,22-23H,6-12H2,1-3H3/t15-,18-/m0/s1. The third-order valence-corrected chi connectivity index (χ3v) is 6.09. The van der Waals surface area contributed by atoms with Gasteiger partial charge in [-0.2, -0.15) is 0 Å². The summed E-state index contributed by atoms with van der Waals surface area (Å²) in [6, 6.07) is 3.83. The molecule has 146 valence electrons. The first-order valence-corrected chi connectivity index (χ1v) is 9.34. The van der Waals surface area contributed by atoms with Crippen LogP contribution in [-0.4, -0.2) is 66.3 Å². The molecule has 0 aliphatic carbocycles. The van der Waals surface area contributed by atoms with Gasteiger partial charge in [0.1, 0.15) is 6.10 Å². The van der Waals surface area contributed by atoms with Crippen molar-refractivity contribution in [3.63, 3.8) is 0 Å². The molecule has 2 aliphatic rings. The maximum absolute atomic E-state index is 10.4. The van der Waals surface area contributed by atoms with E-state index in [9.17, 15) is 10.2 Å². The van der Waals surface area contributed by atoms with Gasteiger partial charge in [0.2, 0.25) is 0 Å². The number of likely N-dealkylation sites (tertiary alicyclic amines) is 1. The minimum Gasteiger partial charge on any atom is -0.493 e. The topological polar surface area (TPSA) is 71.4 Å². The van der Waals surface area contributed by atoms with Gasteiger partial charge in [0.15, 0.2) is 11.5 Å². The average Bonchev–Trinajstić information content (AvgIpc) is 2.61. The van der Waals surface area contributed by atoms with Gasteiger partial charge >= 0.3 is 0 Å². The number of hydrogen-bond donors (Lipinski definition) is 2. The van der Waals surface area contributed by atoms with Gasteiger partial charge in [-0.1, -0.05) is 17.7 Å². The molecule has 3 rings (SSSR count). The monoisotopic (exact) mass is 385 g/mol. The Morgan fingerprint density at radius 1 is 1.27 bits per heavy atom. The van der Waals surface area contributed by atoms with Crippen LogP contribution in [0.2, 0.25) is 5.02 Å². The summed E-state index contributed by atoms with van der Waals surface area (Å²) in [5, 5.41) is 20.9. The van der Waals surface area contributed by atoms with Crippen molar-refractivity contribution >= 4 is 11.6 Å². The number of methoxy groups -OCH3 is 2. The summed E-state index contributed by atoms with van der Waals surface area (Å²) < 4.78 is 16.6. The Morgan fingerprint density at radius 2 is 1.96 bits per heavy atom. The number of piperidine rings is 1. The number of aliphatic hydroxyl groups excluding tert-OH is 1. The molecule has 26 heavy (non-hydrogen) atoms. The van der Waals surface area contributed by atoms with Crippen molar-refractivity contribution in [3.8, 4) is 11.5 Å². The number of nitrogens with zero attached hydrogens (tertiary/aromatic N) is 1. The quantitative estimate of drug-likeness (QED) is 0.828. The second-order valence-corrected chi connectivity index (χ2v) is 7.97. The molecule has 0 unspecified atom stereocenters. The molecule has 2 heterocycles. The summed E-state index contributed by atoms with van der Waals surface area (Å²) in [6.45, 7) is 4.29. The van der Waals surface area contributed by atoms with Gasteiger partial charge in [0, 0.05) is 26.1 Å². The van der Waals surface area contributed by atoms with Crippen LogP contribution in [-0.2, 0) is 11.3 Å². The molecule has 2 atom stereocenters. The molecular formula is C19H28ClNO5. The first-order chi connectivity index (χ1) is 12.3. The van der Waals surface area contributed by atoms with E-state index in [1.54, 1.807) is 21.1 Å². The van der Waals surface area contributed by atoms with Crippen molar-refractivity contribution < 1.29 is 24.4 Å². The zero-order valence-electron chi connectivity index (χ0n) is 15.6. The van der Waals surface area contributed by atoms with E-state index in [4.69, 9.17) is 25.8 Å². The molecule has 0 aromatic heterocycles. The van der Waals surface area contributed by atoms with Gasteiger partial charge in [-0.25, -0.2) is 0 Å². The van der Waals surface area contributed by atoms with Gasteiger partial charge in [-0.05, 0) is 31.4 Å². The third-order valence-electron chi connectivity index (χ3n) is 5.67. The summed E-state index contributed by atoms with van der Waals surface area (Å²) in [5.41, 5.74) is -0.444. The number of aliphatic hydroxyl groups is 2. The molecule has 1 spiro atoms. The fourth-order valence-electron chi connectivity index (χ4n) is 3.99. The van der Waals surface area contributed by atoms with Crippen molar-refractivity contribution in [1.29, 1.82) is 0 Å². The van der Waals surface area contributed by atoms with E-state index in [1.807, 2.05) is 12.1 Å². The third kappa shape index (κ3) is 3.80. The first-order valence-electron chi connectivity index (χ1n) is 8.96. The van der Waals surface area contributed by atoms with E-state index in [-0.39, 0.29) is 12.2 Å². The van der Waals surface area contributed by atoms with E-state index >= 15 is 0 Å². The first kappa shape index (κ1) is 19.7. The van der Waals surface area contributed by atoms with E-state index in [0.29, 0.717) is 29.5 Å². The van der Waals surface area contributed by atoms with Crippen LogP contribution >= 0.6 is 11.6 Å². The molecule has 0 amide bonds. The second-order valence-electron chi connectivity index (χ2n) is 7.59. The molecule has 2 N–H and O–H groups in total. The van der Waals surface area contributed by atoms with E-state index in [0.717, 1.165) is 31.5 Å². The zero-order valence-corrected chi connectivity index (χ0v) is 16.4. The van der Waals surface area contributed by atoms with E-state index in [2.05, 4.69) is 4.90 Å². The van der Waals surface area contributed by atoms with Gasteiger partial charge < -0.3 is 24.4 Å². The second kappa shape index (κ2) is 7.52. The highest BCUT2D eigenvalue weighted by Crippen LogP contribution is 2.41. The highest BCUT2D eigenvalue weighted by atomic mass is 35.5. The number of halogens is 1. The van der Waals surface area contributed by atoms with Crippen molar-refractivity contribution in [2.24, 2.45) is 0 Å². The molecule has 2 aliphatic heterocycles. The smallest absolute Gasteiger partial charge is 0.179 e. The van der Waals surface area contributed by atoms with E-state index < -0.39 is 11.7 Å². The van der Waals surface area contributed by atoms with Crippen molar-refractivity contribution in [2.45, 2.75) is 50.0 Å². The minimum atomic E-state index is -1.09. The lowest BCUT2D eigenvalue weighted by Gasteiger charge is -2.50. The van der Waals surface area contributed by atoms with Crippen molar-refractivity contribution in [2.75, 3.05) is 33.9 Å². The van der Waals surface area contributed by atoms with Crippen LogP contribution in [0.3, 0.4) is 0 Å². The Bertz CT molecular complexity index is 643. The summed E-state index contributed by atoms with van der Waals surface area (Å²) in [5.74, 6) is 1.18. The van der Waals surface area contributed by atoms with Gasteiger partial charge in [-0.3, -0.25) is 4.90 Å². The van der Waals surface area contributed by atoms with Gasteiger partial charge in [0.25, 0.3) is 0 Å². The Hall–Kier alpha value is -1.05.